The maximum Gasteiger partial charge on any atom is 0.262 e. The van der Waals surface area contributed by atoms with Crippen LogP contribution < -0.4 is 24.4 Å². The van der Waals surface area contributed by atoms with Gasteiger partial charge in [-0.05, 0) is 48.5 Å². The summed E-state index contributed by atoms with van der Waals surface area (Å²) in [6.07, 6.45) is 1.25. The van der Waals surface area contributed by atoms with Gasteiger partial charge in [0.05, 0.1) is 18.4 Å². The number of carbonyl (C=O) groups is 1. The van der Waals surface area contributed by atoms with Crippen LogP contribution in [0.5, 0.6) is 17.2 Å². The van der Waals surface area contributed by atoms with E-state index in [2.05, 4.69) is 10.3 Å². The molecule has 0 radical (unpaired) electrons. The van der Waals surface area contributed by atoms with Crippen LogP contribution in [0, 0.1) is 0 Å². The van der Waals surface area contributed by atoms with E-state index < -0.39 is 6.17 Å². The first-order chi connectivity index (χ1) is 13.7. The Balaban J connectivity index is 1.54. The molecule has 1 aromatic heterocycles. The van der Waals surface area contributed by atoms with Crippen LogP contribution in [0.15, 0.2) is 60.8 Å². The molecule has 140 valence electrons. The summed E-state index contributed by atoms with van der Waals surface area (Å²) in [5.74, 6) is 2.00. The van der Waals surface area contributed by atoms with Crippen LogP contribution in [0.3, 0.4) is 0 Å². The number of methoxy groups -OCH3 is 1. The van der Waals surface area contributed by atoms with Crippen LogP contribution in [0.1, 0.15) is 22.2 Å². The molecule has 1 N–H and O–H groups in total. The van der Waals surface area contributed by atoms with Crippen LogP contribution in [0.2, 0.25) is 0 Å². The third-order valence-electron chi connectivity index (χ3n) is 4.83. The van der Waals surface area contributed by atoms with Crippen LogP contribution in [0.25, 0.3) is 0 Å². The van der Waals surface area contributed by atoms with E-state index in [4.69, 9.17) is 14.2 Å². The van der Waals surface area contributed by atoms with Crippen molar-refractivity contribution in [3.63, 3.8) is 0 Å². The number of anilines is 2. The predicted octanol–water partition coefficient (Wildman–Crippen LogP) is 3.59. The molecule has 0 saturated carbocycles. The molecule has 2 aromatic carbocycles. The van der Waals surface area contributed by atoms with E-state index in [1.54, 1.807) is 30.3 Å². The van der Waals surface area contributed by atoms with Gasteiger partial charge in [0.2, 0.25) is 6.79 Å². The Labute approximate surface area is 161 Å². The maximum absolute atomic E-state index is 13.1. The molecule has 0 fully saturated rings. The number of rotatable bonds is 4. The second-order valence-electron chi connectivity index (χ2n) is 6.42. The Morgan fingerprint density at radius 3 is 2.75 bits per heavy atom. The van der Waals surface area contributed by atoms with E-state index in [9.17, 15) is 4.79 Å². The topological polar surface area (TPSA) is 72.9 Å². The number of carbonyl (C=O) groups excluding carboxylic acids is 1. The highest BCUT2D eigenvalue weighted by atomic mass is 16.7. The summed E-state index contributed by atoms with van der Waals surface area (Å²) in [7, 11) is 1.61. The van der Waals surface area contributed by atoms with Gasteiger partial charge in [0.15, 0.2) is 17.7 Å². The Kier molecular flexibility index (Phi) is 3.79. The zero-order chi connectivity index (χ0) is 19.1. The lowest BCUT2D eigenvalue weighted by Crippen LogP contribution is -2.32. The third kappa shape index (κ3) is 2.60. The van der Waals surface area contributed by atoms with E-state index in [1.807, 2.05) is 42.5 Å². The summed E-state index contributed by atoms with van der Waals surface area (Å²) in [6.45, 7) is 0.211. The van der Waals surface area contributed by atoms with Gasteiger partial charge in [-0.15, -0.1) is 0 Å². The lowest BCUT2D eigenvalue weighted by molar-refractivity contribution is 0.0993. The number of nitrogens with zero attached hydrogens (tertiary/aromatic N) is 2. The van der Waals surface area contributed by atoms with Crippen molar-refractivity contribution < 1.29 is 19.0 Å². The Bertz CT molecular complexity index is 1050. The van der Waals surface area contributed by atoms with Gasteiger partial charge in [-0.2, -0.15) is 0 Å². The minimum absolute atomic E-state index is 0.105. The van der Waals surface area contributed by atoms with Gasteiger partial charge in [0.1, 0.15) is 5.75 Å². The lowest BCUT2D eigenvalue weighted by atomic mass is 10.2. The van der Waals surface area contributed by atoms with Crippen molar-refractivity contribution in [1.82, 2.24) is 4.98 Å². The molecule has 2 aliphatic heterocycles. The maximum atomic E-state index is 13.1. The van der Waals surface area contributed by atoms with Crippen molar-refractivity contribution in [1.29, 1.82) is 0 Å². The van der Waals surface area contributed by atoms with Crippen molar-refractivity contribution in [3.05, 3.63) is 72.1 Å². The molecule has 1 atom stereocenters. The predicted molar refractivity (Wildman–Crippen MR) is 103 cm³/mol. The number of fused-ring (bicyclic) bond motifs is 2. The first kappa shape index (κ1) is 16.4. The van der Waals surface area contributed by atoms with E-state index in [0.717, 1.165) is 17.1 Å². The van der Waals surface area contributed by atoms with Crippen molar-refractivity contribution in [3.8, 4) is 17.2 Å². The second kappa shape index (κ2) is 6.45. The van der Waals surface area contributed by atoms with E-state index in [0.29, 0.717) is 22.8 Å². The Morgan fingerprint density at radius 2 is 1.93 bits per heavy atom. The minimum atomic E-state index is -0.447. The van der Waals surface area contributed by atoms with E-state index >= 15 is 0 Å². The fourth-order valence-electron chi connectivity index (χ4n) is 3.47. The molecule has 0 aliphatic carbocycles. The Hall–Kier alpha value is -3.74. The molecular weight excluding hydrogens is 358 g/mol. The van der Waals surface area contributed by atoms with Crippen LogP contribution in [-0.4, -0.2) is 24.8 Å². The number of aromatic nitrogens is 1. The summed E-state index contributed by atoms with van der Waals surface area (Å²) >= 11 is 0. The number of amides is 1. The number of nitrogens with one attached hydrogen (secondary N) is 1. The van der Waals surface area contributed by atoms with Gasteiger partial charge in [-0.25, -0.2) is 0 Å². The normalized spacial score (nSPS) is 16.8. The molecule has 2 aliphatic rings. The fourth-order valence-corrected chi connectivity index (χ4v) is 3.47. The summed E-state index contributed by atoms with van der Waals surface area (Å²) in [6, 6.07) is 16.5. The smallest absolute Gasteiger partial charge is 0.262 e. The molecule has 0 bridgehead atoms. The monoisotopic (exact) mass is 375 g/mol. The third-order valence-corrected chi connectivity index (χ3v) is 4.83. The van der Waals surface area contributed by atoms with Gasteiger partial charge in [0.25, 0.3) is 5.91 Å². The summed E-state index contributed by atoms with van der Waals surface area (Å²) in [5, 5.41) is 3.41. The zero-order valence-corrected chi connectivity index (χ0v) is 15.1. The highest BCUT2D eigenvalue weighted by Gasteiger charge is 2.39. The number of hydrogen-bond donors (Lipinski definition) is 1. The average molecular weight is 375 g/mol. The number of ether oxygens (including phenoxy) is 3. The van der Waals surface area contributed by atoms with Crippen LogP contribution in [-0.2, 0) is 0 Å². The molecular formula is C21H17N3O4. The van der Waals surface area contributed by atoms with Crippen LogP contribution in [0.4, 0.5) is 11.4 Å². The summed E-state index contributed by atoms with van der Waals surface area (Å²) in [4.78, 5) is 19.3. The van der Waals surface area contributed by atoms with E-state index in [1.165, 1.54) is 0 Å². The molecule has 0 saturated heterocycles. The first-order valence-electron chi connectivity index (χ1n) is 8.83. The van der Waals surface area contributed by atoms with Crippen molar-refractivity contribution >= 4 is 17.3 Å². The molecule has 3 aromatic rings. The highest BCUT2D eigenvalue weighted by molar-refractivity contribution is 6.11. The number of benzene rings is 2. The second-order valence-corrected chi connectivity index (χ2v) is 6.42. The first-order valence-corrected chi connectivity index (χ1v) is 8.83. The quantitative estimate of drug-likeness (QED) is 0.751. The minimum Gasteiger partial charge on any atom is -0.497 e. The molecule has 3 heterocycles. The zero-order valence-electron chi connectivity index (χ0n) is 15.1. The number of pyridine rings is 1. The lowest BCUT2D eigenvalue weighted by Gasteiger charge is -2.26. The van der Waals surface area contributed by atoms with Gasteiger partial charge in [-0.1, -0.05) is 0 Å². The molecule has 0 spiro atoms. The van der Waals surface area contributed by atoms with Crippen molar-refractivity contribution in [2.45, 2.75) is 6.17 Å². The van der Waals surface area contributed by atoms with Crippen molar-refractivity contribution in [2.75, 3.05) is 24.1 Å². The molecule has 7 heteroatoms. The highest BCUT2D eigenvalue weighted by Crippen LogP contribution is 2.39. The molecule has 1 amide bonds. The largest absolute Gasteiger partial charge is 0.497 e. The van der Waals surface area contributed by atoms with Crippen molar-refractivity contribution in [2.24, 2.45) is 0 Å². The van der Waals surface area contributed by atoms with Gasteiger partial charge >= 0.3 is 0 Å². The molecule has 5 rings (SSSR count). The SMILES string of the molecule is COc1ccc(N2C(=O)c3cccnc3C2Nc2ccc3c(c2)OCO3)cc1. The fraction of sp³-hybridized carbons (Fsp3) is 0.143. The van der Waals surface area contributed by atoms with Gasteiger partial charge < -0.3 is 19.5 Å². The molecule has 28 heavy (non-hydrogen) atoms. The Morgan fingerprint density at radius 1 is 1.11 bits per heavy atom. The average Bonchev–Trinajstić information content (AvgIpc) is 3.31. The van der Waals surface area contributed by atoms with Crippen LogP contribution >= 0.6 is 0 Å². The molecule has 1 unspecified atom stereocenters. The summed E-state index contributed by atoms with van der Waals surface area (Å²) < 4.78 is 16.1. The van der Waals surface area contributed by atoms with Gasteiger partial charge in [0, 0.05) is 23.6 Å². The summed E-state index contributed by atoms with van der Waals surface area (Å²) in [5.41, 5.74) is 2.82. The standard InChI is InChI=1S/C21H17N3O4/c1-26-15-7-5-14(6-8-15)24-20(19-16(21(24)25)3-2-10-22-19)23-13-4-9-17-18(11-13)28-12-27-17/h2-11,20,23H,12H2,1H3. The van der Waals surface area contributed by atoms with E-state index in [-0.39, 0.29) is 12.7 Å². The molecule has 7 nitrogen and oxygen atoms in total. The number of hydrogen-bond acceptors (Lipinski definition) is 6. The van der Waals surface area contributed by atoms with Gasteiger partial charge in [-0.3, -0.25) is 14.7 Å².